The number of carbonyl (C=O) groups is 2. The van der Waals surface area contributed by atoms with Crippen molar-refractivity contribution >= 4 is 11.9 Å². The normalized spacial score (nSPS) is 11.0. The Morgan fingerprint density at radius 2 is 1.72 bits per heavy atom. The van der Waals surface area contributed by atoms with E-state index in [4.69, 9.17) is 4.74 Å². The lowest BCUT2D eigenvalue weighted by atomic mass is 9.92. The summed E-state index contributed by atoms with van der Waals surface area (Å²) < 4.78 is 5.37. The molecular weight excluding hydrogens is 318 g/mol. The molecule has 0 fully saturated rings. The number of carboxylic acids is 1. The third kappa shape index (κ3) is 4.59. The van der Waals surface area contributed by atoms with Crippen molar-refractivity contribution in [1.29, 1.82) is 0 Å². The van der Waals surface area contributed by atoms with E-state index < -0.39 is 11.5 Å². The van der Waals surface area contributed by atoms with Crippen LogP contribution in [0.3, 0.4) is 0 Å². The zero-order chi connectivity index (χ0) is 18.4. The van der Waals surface area contributed by atoms with Crippen LogP contribution in [0.4, 0.5) is 0 Å². The van der Waals surface area contributed by atoms with Crippen LogP contribution < -0.4 is 10.1 Å². The average molecular weight is 341 g/mol. The van der Waals surface area contributed by atoms with Crippen LogP contribution in [0.2, 0.25) is 0 Å². The van der Waals surface area contributed by atoms with Gasteiger partial charge in [-0.05, 0) is 38.0 Å². The summed E-state index contributed by atoms with van der Waals surface area (Å²) in [4.78, 5) is 23.6. The van der Waals surface area contributed by atoms with E-state index in [2.05, 4.69) is 5.32 Å². The van der Waals surface area contributed by atoms with Gasteiger partial charge in [0.1, 0.15) is 5.75 Å². The fourth-order valence-corrected chi connectivity index (χ4v) is 2.83. The first-order valence-corrected chi connectivity index (χ1v) is 8.11. The minimum atomic E-state index is -0.981. The molecule has 5 heteroatoms. The standard InChI is InChI=1S/C20H23NO4/c1-20(2,16-10-6-7-11-17(16)25-3)21-18(22)13-12-14-8-4-5-9-15(14)19(23)24/h4-11H,12-13H2,1-3H3,(H,21,22)(H,23,24). The molecule has 0 aliphatic carbocycles. The van der Waals surface area contributed by atoms with E-state index in [0.29, 0.717) is 17.7 Å². The zero-order valence-electron chi connectivity index (χ0n) is 14.7. The lowest BCUT2D eigenvalue weighted by Gasteiger charge is -2.28. The predicted molar refractivity (Wildman–Crippen MR) is 95.9 cm³/mol. The number of benzene rings is 2. The summed E-state index contributed by atoms with van der Waals surface area (Å²) in [5.74, 6) is -0.412. The highest BCUT2D eigenvalue weighted by atomic mass is 16.5. The number of carboxylic acid groups (broad SMARTS) is 1. The van der Waals surface area contributed by atoms with E-state index in [9.17, 15) is 14.7 Å². The fourth-order valence-electron chi connectivity index (χ4n) is 2.83. The van der Waals surface area contributed by atoms with E-state index >= 15 is 0 Å². The largest absolute Gasteiger partial charge is 0.496 e. The van der Waals surface area contributed by atoms with Gasteiger partial charge in [0.15, 0.2) is 0 Å². The highest BCUT2D eigenvalue weighted by Crippen LogP contribution is 2.29. The number of aryl methyl sites for hydroxylation is 1. The van der Waals surface area contributed by atoms with Gasteiger partial charge in [-0.3, -0.25) is 4.79 Å². The van der Waals surface area contributed by atoms with Crippen LogP contribution in [-0.4, -0.2) is 24.1 Å². The Balaban J connectivity index is 2.06. The van der Waals surface area contributed by atoms with Crippen LogP contribution in [0.15, 0.2) is 48.5 Å². The number of carbonyl (C=O) groups excluding carboxylic acids is 1. The second-order valence-corrected chi connectivity index (χ2v) is 6.34. The Kier molecular flexibility index (Phi) is 5.80. The van der Waals surface area contributed by atoms with Crippen molar-refractivity contribution in [3.8, 4) is 5.75 Å². The van der Waals surface area contributed by atoms with Crippen LogP contribution >= 0.6 is 0 Å². The zero-order valence-corrected chi connectivity index (χ0v) is 14.7. The van der Waals surface area contributed by atoms with E-state index in [-0.39, 0.29) is 17.9 Å². The second kappa shape index (κ2) is 7.83. The van der Waals surface area contributed by atoms with Crippen molar-refractivity contribution < 1.29 is 19.4 Å². The number of rotatable bonds is 7. The summed E-state index contributed by atoms with van der Waals surface area (Å²) in [5.41, 5.74) is 1.17. The topological polar surface area (TPSA) is 75.6 Å². The van der Waals surface area contributed by atoms with Crippen LogP contribution in [0.1, 0.15) is 41.8 Å². The monoisotopic (exact) mass is 341 g/mol. The van der Waals surface area contributed by atoms with Crippen molar-refractivity contribution in [2.24, 2.45) is 0 Å². The second-order valence-electron chi connectivity index (χ2n) is 6.34. The van der Waals surface area contributed by atoms with Crippen molar-refractivity contribution in [3.63, 3.8) is 0 Å². The summed E-state index contributed by atoms with van der Waals surface area (Å²) in [7, 11) is 1.60. The Morgan fingerprint density at radius 3 is 2.40 bits per heavy atom. The number of ether oxygens (including phenoxy) is 1. The Labute approximate surface area is 147 Å². The first kappa shape index (κ1) is 18.5. The van der Waals surface area contributed by atoms with Crippen LogP contribution in [0.5, 0.6) is 5.75 Å². The SMILES string of the molecule is COc1ccccc1C(C)(C)NC(=O)CCc1ccccc1C(=O)O. The summed E-state index contributed by atoms with van der Waals surface area (Å²) >= 11 is 0. The average Bonchev–Trinajstić information content (AvgIpc) is 2.59. The molecule has 0 saturated heterocycles. The molecule has 2 N–H and O–H groups in total. The van der Waals surface area contributed by atoms with E-state index in [1.54, 1.807) is 31.4 Å². The molecule has 0 unspecified atom stereocenters. The maximum Gasteiger partial charge on any atom is 0.335 e. The number of aromatic carboxylic acids is 1. The van der Waals surface area contributed by atoms with Crippen molar-refractivity contribution in [2.75, 3.05) is 7.11 Å². The maximum atomic E-state index is 12.4. The van der Waals surface area contributed by atoms with Crippen LogP contribution in [-0.2, 0) is 16.8 Å². The number of para-hydroxylation sites is 1. The molecule has 2 aromatic carbocycles. The summed E-state index contributed by atoms with van der Waals surface area (Å²) in [6.45, 7) is 3.82. The minimum absolute atomic E-state index is 0.143. The molecular formula is C20H23NO4. The van der Waals surface area contributed by atoms with Crippen molar-refractivity contribution in [2.45, 2.75) is 32.2 Å². The predicted octanol–water partition coefficient (Wildman–Crippen LogP) is 3.38. The van der Waals surface area contributed by atoms with Gasteiger partial charge in [0, 0.05) is 12.0 Å². The summed E-state index contributed by atoms with van der Waals surface area (Å²) in [5, 5.41) is 12.2. The van der Waals surface area contributed by atoms with Crippen molar-refractivity contribution in [1.82, 2.24) is 5.32 Å². The molecule has 0 radical (unpaired) electrons. The molecule has 0 saturated carbocycles. The number of nitrogens with one attached hydrogen (secondary N) is 1. The van der Waals surface area contributed by atoms with E-state index in [1.165, 1.54) is 0 Å². The van der Waals surface area contributed by atoms with Crippen molar-refractivity contribution in [3.05, 3.63) is 65.2 Å². The molecule has 2 aromatic rings. The molecule has 0 bridgehead atoms. The summed E-state index contributed by atoms with van der Waals surface area (Å²) in [6, 6.07) is 14.3. The Hall–Kier alpha value is -2.82. The molecule has 0 spiro atoms. The lowest BCUT2D eigenvalue weighted by Crippen LogP contribution is -2.41. The smallest absolute Gasteiger partial charge is 0.335 e. The summed E-state index contributed by atoms with van der Waals surface area (Å²) in [6.07, 6.45) is 0.583. The van der Waals surface area contributed by atoms with Crippen LogP contribution in [0, 0.1) is 0 Å². The quantitative estimate of drug-likeness (QED) is 0.809. The van der Waals surface area contributed by atoms with Gasteiger partial charge < -0.3 is 15.2 Å². The molecule has 1 amide bonds. The van der Waals surface area contributed by atoms with Gasteiger partial charge in [0.05, 0.1) is 18.2 Å². The van der Waals surface area contributed by atoms with E-state index in [1.807, 2.05) is 38.1 Å². The van der Waals surface area contributed by atoms with Gasteiger partial charge in [0.25, 0.3) is 0 Å². The Bertz CT molecular complexity index is 768. The van der Waals surface area contributed by atoms with Gasteiger partial charge in [0.2, 0.25) is 5.91 Å². The number of hydrogen-bond donors (Lipinski definition) is 2. The third-order valence-corrected chi connectivity index (χ3v) is 4.10. The fraction of sp³-hybridized carbons (Fsp3) is 0.300. The first-order chi connectivity index (χ1) is 11.8. The number of amides is 1. The maximum absolute atomic E-state index is 12.4. The molecule has 0 aliphatic heterocycles. The lowest BCUT2D eigenvalue weighted by molar-refractivity contribution is -0.122. The third-order valence-electron chi connectivity index (χ3n) is 4.10. The van der Waals surface area contributed by atoms with Gasteiger partial charge in [-0.25, -0.2) is 4.79 Å². The molecule has 0 aromatic heterocycles. The molecule has 2 rings (SSSR count). The number of methoxy groups -OCH3 is 1. The number of hydrogen-bond acceptors (Lipinski definition) is 3. The molecule has 25 heavy (non-hydrogen) atoms. The van der Waals surface area contributed by atoms with Gasteiger partial charge in [-0.1, -0.05) is 36.4 Å². The Morgan fingerprint density at radius 1 is 1.08 bits per heavy atom. The van der Waals surface area contributed by atoms with Gasteiger partial charge in [-0.2, -0.15) is 0 Å². The van der Waals surface area contributed by atoms with E-state index in [0.717, 1.165) is 5.56 Å². The minimum Gasteiger partial charge on any atom is -0.496 e. The van der Waals surface area contributed by atoms with Gasteiger partial charge >= 0.3 is 5.97 Å². The first-order valence-electron chi connectivity index (χ1n) is 8.11. The highest BCUT2D eigenvalue weighted by Gasteiger charge is 2.26. The molecule has 132 valence electrons. The molecule has 0 atom stereocenters. The molecule has 5 nitrogen and oxygen atoms in total. The highest BCUT2D eigenvalue weighted by molar-refractivity contribution is 5.89. The van der Waals surface area contributed by atoms with Crippen LogP contribution in [0.25, 0.3) is 0 Å². The molecule has 0 aliphatic rings. The molecule has 0 heterocycles. The van der Waals surface area contributed by atoms with Gasteiger partial charge in [-0.15, -0.1) is 0 Å².